The highest BCUT2D eigenvalue weighted by molar-refractivity contribution is 6.32. The van der Waals surface area contributed by atoms with Crippen molar-refractivity contribution in [1.82, 2.24) is 5.32 Å². The molecule has 0 fully saturated rings. The molecule has 0 bridgehead atoms. The van der Waals surface area contributed by atoms with Crippen LogP contribution in [-0.2, 0) is 0 Å². The Kier molecular flexibility index (Phi) is 4.00. The van der Waals surface area contributed by atoms with Crippen molar-refractivity contribution in [2.45, 2.75) is 19.4 Å². The Bertz CT molecular complexity index is 352. The number of hydrogen-bond acceptors (Lipinski definition) is 1. The van der Waals surface area contributed by atoms with Crippen molar-refractivity contribution in [3.05, 3.63) is 34.3 Å². The summed E-state index contributed by atoms with van der Waals surface area (Å²) in [5.74, 6) is 2.64. The molecule has 0 aliphatic heterocycles. The van der Waals surface area contributed by atoms with Crippen LogP contribution in [0.25, 0.3) is 0 Å². The van der Waals surface area contributed by atoms with Gasteiger partial charge in [0.05, 0.1) is 0 Å². The summed E-state index contributed by atoms with van der Waals surface area (Å²) in [6.45, 7) is 1.99. The van der Waals surface area contributed by atoms with Crippen LogP contribution in [0.2, 0.25) is 5.02 Å². The van der Waals surface area contributed by atoms with Crippen LogP contribution in [-0.4, -0.2) is 7.05 Å². The number of nitrogens with one attached hydrogen (secondary N) is 1. The molecule has 1 N–H and O–H groups in total. The topological polar surface area (TPSA) is 12.0 Å². The van der Waals surface area contributed by atoms with Gasteiger partial charge in [0.25, 0.3) is 0 Å². The van der Waals surface area contributed by atoms with Crippen molar-refractivity contribution >= 4 is 11.6 Å². The van der Waals surface area contributed by atoms with E-state index in [4.69, 9.17) is 18.0 Å². The van der Waals surface area contributed by atoms with Gasteiger partial charge in [-0.05, 0) is 25.1 Å². The van der Waals surface area contributed by atoms with E-state index in [1.54, 1.807) is 0 Å². The molecule has 0 amide bonds. The van der Waals surface area contributed by atoms with Gasteiger partial charge in [0, 0.05) is 17.5 Å². The molecular weight excluding hydrogens is 194 g/mol. The third-order valence-electron chi connectivity index (χ3n) is 2.27. The Morgan fingerprint density at radius 1 is 1.57 bits per heavy atom. The summed E-state index contributed by atoms with van der Waals surface area (Å²) in [6, 6.07) is 6.15. The molecule has 0 aliphatic carbocycles. The van der Waals surface area contributed by atoms with Gasteiger partial charge in [0.15, 0.2) is 0 Å². The molecule has 1 aromatic rings. The van der Waals surface area contributed by atoms with Crippen LogP contribution in [0.5, 0.6) is 0 Å². The summed E-state index contributed by atoms with van der Waals surface area (Å²) in [6.07, 6.45) is 5.95. The van der Waals surface area contributed by atoms with Crippen LogP contribution in [0.15, 0.2) is 18.2 Å². The lowest BCUT2D eigenvalue weighted by Gasteiger charge is -2.16. The van der Waals surface area contributed by atoms with E-state index in [0.29, 0.717) is 6.42 Å². The quantitative estimate of drug-likeness (QED) is 0.752. The van der Waals surface area contributed by atoms with E-state index in [0.717, 1.165) is 16.1 Å². The first kappa shape index (κ1) is 11.1. The highest BCUT2D eigenvalue weighted by Gasteiger charge is 2.12. The maximum Gasteiger partial charge on any atom is 0.0483 e. The SMILES string of the molecule is C#CCC(NC)c1cccc(C)c1Cl. The van der Waals surface area contributed by atoms with E-state index < -0.39 is 0 Å². The zero-order valence-electron chi connectivity index (χ0n) is 8.47. The second kappa shape index (κ2) is 5.05. The summed E-state index contributed by atoms with van der Waals surface area (Å²) in [7, 11) is 1.89. The van der Waals surface area contributed by atoms with Gasteiger partial charge in [-0.25, -0.2) is 0 Å². The second-order valence-corrected chi connectivity index (χ2v) is 3.61. The van der Waals surface area contributed by atoms with E-state index in [9.17, 15) is 0 Å². The summed E-state index contributed by atoms with van der Waals surface area (Å²) in [4.78, 5) is 0. The van der Waals surface area contributed by atoms with Crippen molar-refractivity contribution in [3.63, 3.8) is 0 Å². The molecule has 0 aliphatic rings. The number of hydrogen-bond donors (Lipinski definition) is 1. The largest absolute Gasteiger partial charge is 0.312 e. The number of terminal acetylenes is 1. The molecule has 0 saturated carbocycles. The van der Waals surface area contributed by atoms with E-state index in [2.05, 4.69) is 11.2 Å². The monoisotopic (exact) mass is 207 g/mol. The molecule has 1 rings (SSSR count). The lowest BCUT2D eigenvalue weighted by molar-refractivity contribution is 0.611. The average Bonchev–Trinajstić information content (AvgIpc) is 2.19. The molecule has 0 aromatic heterocycles. The van der Waals surface area contributed by atoms with Crippen LogP contribution in [0, 0.1) is 19.3 Å². The lowest BCUT2D eigenvalue weighted by Crippen LogP contribution is -2.16. The molecule has 74 valence electrons. The second-order valence-electron chi connectivity index (χ2n) is 3.23. The molecule has 2 heteroatoms. The summed E-state index contributed by atoms with van der Waals surface area (Å²) < 4.78 is 0. The smallest absolute Gasteiger partial charge is 0.0483 e. The number of rotatable bonds is 3. The van der Waals surface area contributed by atoms with Crippen molar-refractivity contribution in [1.29, 1.82) is 0 Å². The van der Waals surface area contributed by atoms with Gasteiger partial charge in [-0.1, -0.05) is 29.8 Å². The van der Waals surface area contributed by atoms with Gasteiger partial charge in [0.2, 0.25) is 0 Å². The number of halogens is 1. The average molecular weight is 208 g/mol. The Balaban J connectivity index is 3.05. The van der Waals surface area contributed by atoms with Gasteiger partial charge in [-0.3, -0.25) is 0 Å². The maximum atomic E-state index is 6.19. The van der Waals surface area contributed by atoms with Gasteiger partial charge in [-0.15, -0.1) is 12.3 Å². The number of benzene rings is 1. The third kappa shape index (κ3) is 2.29. The Labute approximate surface area is 90.5 Å². The lowest BCUT2D eigenvalue weighted by atomic mass is 10.0. The predicted octanol–water partition coefficient (Wildman–Crippen LogP) is 2.93. The highest BCUT2D eigenvalue weighted by Crippen LogP contribution is 2.27. The van der Waals surface area contributed by atoms with Gasteiger partial charge in [-0.2, -0.15) is 0 Å². The van der Waals surface area contributed by atoms with Crippen LogP contribution >= 0.6 is 11.6 Å². The fraction of sp³-hybridized carbons (Fsp3) is 0.333. The standard InChI is InChI=1S/C12H14ClN/c1-4-6-11(14-3)10-8-5-7-9(2)12(10)13/h1,5,7-8,11,14H,6H2,2-3H3. The van der Waals surface area contributed by atoms with Gasteiger partial charge in [0.1, 0.15) is 0 Å². The minimum atomic E-state index is 0.146. The molecule has 1 unspecified atom stereocenters. The number of aryl methyl sites for hydroxylation is 1. The molecule has 0 spiro atoms. The zero-order valence-corrected chi connectivity index (χ0v) is 9.23. The van der Waals surface area contributed by atoms with Crippen LogP contribution in [0.3, 0.4) is 0 Å². The van der Waals surface area contributed by atoms with Crippen molar-refractivity contribution < 1.29 is 0 Å². The zero-order chi connectivity index (χ0) is 10.6. The van der Waals surface area contributed by atoms with E-state index >= 15 is 0 Å². The Morgan fingerprint density at radius 3 is 2.86 bits per heavy atom. The summed E-state index contributed by atoms with van der Waals surface area (Å²) >= 11 is 6.19. The first-order valence-electron chi connectivity index (χ1n) is 4.56. The van der Waals surface area contributed by atoms with Crippen molar-refractivity contribution in [2.75, 3.05) is 7.05 Å². The third-order valence-corrected chi connectivity index (χ3v) is 2.78. The minimum absolute atomic E-state index is 0.146. The van der Waals surface area contributed by atoms with Gasteiger partial charge >= 0.3 is 0 Å². The predicted molar refractivity (Wildman–Crippen MR) is 61.4 cm³/mol. The Hall–Kier alpha value is -0.970. The van der Waals surface area contributed by atoms with Crippen molar-refractivity contribution in [2.24, 2.45) is 0 Å². The molecule has 1 nitrogen and oxygen atoms in total. The molecular formula is C12H14ClN. The molecule has 14 heavy (non-hydrogen) atoms. The van der Waals surface area contributed by atoms with E-state index in [1.165, 1.54) is 0 Å². The summed E-state index contributed by atoms with van der Waals surface area (Å²) in [5.41, 5.74) is 2.16. The van der Waals surface area contributed by atoms with Crippen LogP contribution < -0.4 is 5.32 Å². The van der Waals surface area contributed by atoms with Crippen molar-refractivity contribution in [3.8, 4) is 12.3 Å². The molecule has 1 aromatic carbocycles. The minimum Gasteiger partial charge on any atom is -0.312 e. The first-order valence-corrected chi connectivity index (χ1v) is 4.94. The van der Waals surface area contributed by atoms with Crippen LogP contribution in [0.1, 0.15) is 23.6 Å². The molecule has 0 radical (unpaired) electrons. The normalized spacial score (nSPS) is 12.1. The first-order chi connectivity index (χ1) is 6.70. The molecule has 1 atom stereocenters. The summed E-state index contributed by atoms with van der Waals surface area (Å²) in [5, 5.41) is 3.97. The van der Waals surface area contributed by atoms with E-state index in [-0.39, 0.29) is 6.04 Å². The fourth-order valence-corrected chi connectivity index (χ4v) is 1.68. The Morgan fingerprint density at radius 2 is 2.29 bits per heavy atom. The highest BCUT2D eigenvalue weighted by atomic mass is 35.5. The maximum absolute atomic E-state index is 6.19. The molecule has 0 saturated heterocycles. The fourth-order valence-electron chi connectivity index (χ4n) is 1.42. The molecule has 0 heterocycles. The van der Waals surface area contributed by atoms with E-state index in [1.807, 2.05) is 32.2 Å². The van der Waals surface area contributed by atoms with Crippen LogP contribution in [0.4, 0.5) is 0 Å². The van der Waals surface area contributed by atoms with Gasteiger partial charge < -0.3 is 5.32 Å².